The Morgan fingerprint density at radius 1 is 1.17 bits per heavy atom. The lowest BCUT2D eigenvalue weighted by molar-refractivity contribution is -0.113. The number of ether oxygens (including phenoxy) is 1. The van der Waals surface area contributed by atoms with Gasteiger partial charge in [-0.15, -0.1) is 11.3 Å². The van der Waals surface area contributed by atoms with Crippen LogP contribution in [-0.4, -0.2) is 28.3 Å². The predicted octanol–water partition coefficient (Wildman–Crippen LogP) is 6.83. The maximum Gasteiger partial charge on any atom is 0.267 e. The van der Waals surface area contributed by atoms with Crippen LogP contribution < -0.4 is 15.6 Å². The zero-order chi connectivity index (χ0) is 26.0. The van der Waals surface area contributed by atoms with E-state index >= 15 is 0 Å². The van der Waals surface area contributed by atoms with E-state index in [-0.39, 0.29) is 17.2 Å². The van der Waals surface area contributed by atoms with Crippen molar-refractivity contribution >= 4 is 60.8 Å². The summed E-state index contributed by atoms with van der Waals surface area (Å²) >= 11 is 6.32. The van der Waals surface area contributed by atoms with Gasteiger partial charge in [-0.25, -0.2) is 4.98 Å². The lowest BCUT2D eigenvalue weighted by Gasteiger charge is -2.14. The van der Waals surface area contributed by atoms with E-state index in [1.165, 1.54) is 16.6 Å². The van der Waals surface area contributed by atoms with E-state index in [4.69, 9.17) is 9.72 Å². The van der Waals surface area contributed by atoms with Gasteiger partial charge in [0.2, 0.25) is 5.91 Å². The fraction of sp³-hybridized carbons (Fsp3) is 0.296. The molecule has 2 heterocycles. The number of hydrogen-bond donors (Lipinski definition) is 1. The van der Waals surface area contributed by atoms with Gasteiger partial charge in [0.05, 0.1) is 23.9 Å². The SMILES string of the molecule is CCCc1sc2nc(SCC(=O)Nc3c(C)cc(Br)cc3C)n(-c3ccc(OC)cc3)c(=O)c2c1C. The number of halogens is 1. The minimum absolute atomic E-state index is 0.120. The molecule has 4 rings (SSSR count). The maximum absolute atomic E-state index is 13.8. The molecule has 0 saturated heterocycles. The predicted molar refractivity (Wildman–Crippen MR) is 153 cm³/mol. The van der Waals surface area contributed by atoms with Crippen molar-refractivity contribution in [3.8, 4) is 11.4 Å². The summed E-state index contributed by atoms with van der Waals surface area (Å²) in [5.41, 5.74) is 4.31. The van der Waals surface area contributed by atoms with Crippen LogP contribution in [0.1, 0.15) is 34.9 Å². The average molecular weight is 587 g/mol. The summed E-state index contributed by atoms with van der Waals surface area (Å²) in [6.07, 6.45) is 1.91. The van der Waals surface area contributed by atoms with Gasteiger partial charge in [0.15, 0.2) is 5.16 Å². The maximum atomic E-state index is 13.8. The third kappa shape index (κ3) is 5.38. The van der Waals surface area contributed by atoms with Gasteiger partial charge >= 0.3 is 0 Å². The number of thioether (sulfide) groups is 1. The van der Waals surface area contributed by atoms with Crippen molar-refractivity contribution in [3.05, 3.63) is 72.8 Å². The van der Waals surface area contributed by atoms with Gasteiger partial charge in [0.25, 0.3) is 5.56 Å². The van der Waals surface area contributed by atoms with Crippen LogP contribution in [0.25, 0.3) is 15.9 Å². The number of benzene rings is 2. The number of aryl methyl sites for hydroxylation is 4. The van der Waals surface area contributed by atoms with Crippen LogP contribution in [0.4, 0.5) is 5.69 Å². The van der Waals surface area contributed by atoms with E-state index in [0.717, 1.165) is 39.7 Å². The molecule has 2 aromatic carbocycles. The third-order valence-electron chi connectivity index (χ3n) is 5.93. The van der Waals surface area contributed by atoms with E-state index in [2.05, 4.69) is 28.2 Å². The summed E-state index contributed by atoms with van der Waals surface area (Å²) in [4.78, 5) is 33.5. The lowest BCUT2D eigenvalue weighted by atomic mass is 10.1. The normalized spacial score (nSPS) is 11.2. The summed E-state index contributed by atoms with van der Waals surface area (Å²) in [7, 11) is 1.60. The molecule has 0 aliphatic carbocycles. The molecule has 0 atom stereocenters. The molecule has 0 bridgehead atoms. The summed E-state index contributed by atoms with van der Waals surface area (Å²) in [5, 5.41) is 4.16. The minimum Gasteiger partial charge on any atom is -0.497 e. The van der Waals surface area contributed by atoms with E-state index < -0.39 is 0 Å². The fourth-order valence-electron chi connectivity index (χ4n) is 4.15. The number of carbonyl (C=O) groups is 1. The molecule has 0 radical (unpaired) electrons. The van der Waals surface area contributed by atoms with Crippen LogP contribution in [0.2, 0.25) is 0 Å². The van der Waals surface area contributed by atoms with Crippen LogP contribution in [0.5, 0.6) is 5.75 Å². The van der Waals surface area contributed by atoms with Crippen molar-refractivity contribution in [2.24, 2.45) is 0 Å². The van der Waals surface area contributed by atoms with Crippen molar-refractivity contribution < 1.29 is 9.53 Å². The molecule has 6 nitrogen and oxygen atoms in total. The quantitative estimate of drug-likeness (QED) is 0.181. The first-order valence-corrected chi connectivity index (χ1v) is 14.2. The average Bonchev–Trinajstić information content (AvgIpc) is 3.15. The number of nitrogens with one attached hydrogen (secondary N) is 1. The van der Waals surface area contributed by atoms with Crippen molar-refractivity contribution in [1.29, 1.82) is 0 Å². The van der Waals surface area contributed by atoms with Crippen LogP contribution in [0.15, 0.2) is 50.8 Å². The van der Waals surface area contributed by atoms with E-state index in [1.54, 1.807) is 23.0 Å². The third-order valence-corrected chi connectivity index (χ3v) is 8.58. The topological polar surface area (TPSA) is 73.2 Å². The largest absolute Gasteiger partial charge is 0.497 e. The Hall–Kier alpha value is -2.62. The highest BCUT2D eigenvalue weighted by Crippen LogP contribution is 2.32. The molecule has 36 heavy (non-hydrogen) atoms. The molecule has 0 fully saturated rings. The van der Waals surface area contributed by atoms with Gasteiger partial charge in [-0.3, -0.25) is 14.2 Å². The number of carbonyl (C=O) groups excluding carboxylic acids is 1. The van der Waals surface area contributed by atoms with Gasteiger partial charge in [-0.2, -0.15) is 0 Å². The van der Waals surface area contributed by atoms with E-state index in [9.17, 15) is 9.59 Å². The van der Waals surface area contributed by atoms with E-state index in [1.807, 2.05) is 57.2 Å². The molecule has 9 heteroatoms. The number of fused-ring (bicyclic) bond motifs is 1. The van der Waals surface area contributed by atoms with Gasteiger partial charge in [0, 0.05) is 15.0 Å². The Kier molecular flexibility index (Phi) is 8.22. The van der Waals surface area contributed by atoms with Crippen LogP contribution in [-0.2, 0) is 11.2 Å². The monoisotopic (exact) mass is 585 g/mol. The highest BCUT2D eigenvalue weighted by Gasteiger charge is 2.20. The first-order chi connectivity index (χ1) is 17.2. The standard InChI is InChI=1S/C27H28BrN3O3S2/c1-6-7-21-17(4)23-25(36-21)30-27(31(26(23)33)19-8-10-20(34-5)11-9-19)35-14-22(32)29-24-15(2)12-18(28)13-16(24)3/h8-13H,6-7,14H2,1-5H3,(H,29,32). The minimum atomic E-state index is -0.154. The first kappa shape index (κ1) is 26.4. The summed E-state index contributed by atoms with van der Waals surface area (Å²) in [6, 6.07) is 11.2. The number of nitrogens with zero attached hydrogens (tertiary/aromatic N) is 2. The molecule has 0 aliphatic rings. The van der Waals surface area contributed by atoms with Crippen molar-refractivity contribution in [2.45, 2.75) is 45.7 Å². The molecule has 1 amide bonds. The highest BCUT2D eigenvalue weighted by molar-refractivity contribution is 9.10. The number of methoxy groups -OCH3 is 1. The lowest BCUT2D eigenvalue weighted by Crippen LogP contribution is -2.23. The zero-order valence-electron chi connectivity index (χ0n) is 20.9. The Labute approximate surface area is 227 Å². The van der Waals surface area contributed by atoms with Crippen molar-refractivity contribution in [2.75, 3.05) is 18.2 Å². The van der Waals surface area contributed by atoms with E-state index in [0.29, 0.717) is 26.8 Å². The second-order valence-electron chi connectivity index (χ2n) is 8.56. The van der Waals surface area contributed by atoms with Crippen LogP contribution >= 0.6 is 39.0 Å². The Bertz CT molecular complexity index is 1470. The van der Waals surface area contributed by atoms with Gasteiger partial charge < -0.3 is 10.1 Å². The van der Waals surface area contributed by atoms with Gasteiger partial charge in [0.1, 0.15) is 10.6 Å². The Morgan fingerprint density at radius 2 is 1.83 bits per heavy atom. The van der Waals surface area contributed by atoms with Crippen molar-refractivity contribution in [1.82, 2.24) is 9.55 Å². The molecule has 0 unspecified atom stereocenters. The summed E-state index contributed by atoms with van der Waals surface area (Å²) in [5.74, 6) is 0.666. The molecular weight excluding hydrogens is 558 g/mol. The summed E-state index contributed by atoms with van der Waals surface area (Å²) in [6.45, 7) is 8.05. The van der Waals surface area contributed by atoms with Crippen LogP contribution in [0.3, 0.4) is 0 Å². The number of amides is 1. The number of hydrogen-bond acceptors (Lipinski definition) is 6. The van der Waals surface area contributed by atoms with Gasteiger partial charge in [-0.1, -0.05) is 41.0 Å². The molecule has 0 saturated carbocycles. The Morgan fingerprint density at radius 3 is 2.44 bits per heavy atom. The smallest absolute Gasteiger partial charge is 0.267 e. The Balaban J connectivity index is 1.72. The second-order valence-corrected chi connectivity index (χ2v) is 11.5. The number of aromatic nitrogens is 2. The molecule has 4 aromatic rings. The molecule has 1 N–H and O–H groups in total. The highest BCUT2D eigenvalue weighted by atomic mass is 79.9. The number of anilines is 1. The first-order valence-electron chi connectivity index (χ1n) is 11.6. The molecule has 188 valence electrons. The molecule has 0 aliphatic heterocycles. The second kappa shape index (κ2) is 11.2. The van der Waals surface area contributed by atoms with Crippen molar-refractivity contribution in [3.63, 3.8) is 0 Å². The zero-order valence-corrected chi connectivity index (χ0v) is 24.1. The summed E-state index contributed by atoms with van der Waals surface area (Å²) < 4.78 is 7.86. The molecule has 0 spiro atoms. The van der Waals surface area contributed by atoms with Crippen LogP contribution in [0, 0.1) is 20.8 Å². The number of thiophene rings is 1. The fourth-order valence-corrected chi connectivity index (χ4v) is 6.96. The molecular formula is C27H28BrN3O3S2. The number of rotatable bonds is 8. The van der Waals surface area contributed by atoms with Gasteiger partial charge in [-0.05, 0) is 80.3 Å². The molecule has 2 aromatic heterocycles.